The normalized spacial score (nSPS) is 11.7. The Hall–Kier alpha value is -2.18. The van der Waals surface area contributed by atoms with E-state index in [4.69, 9.17) is 9.84 Å². The van der Waals surface area contributed by atoms with Crippen molar-refractivity contribution in [3.8, 4) is 5.88 Å². The number of hydrogen-bond acceptors (Lipinski definition) is 5. The molecule has 0 fully saturated rings. The minimum absolute atomic E-state index is 0.112. The van der Waals surface area contributed by atoms with Gasteiger partial charge in [-0.3, -0.25) is 9.59 Å². The number of carbonyl (C=O) groups excluding carboxylic acids is 1. The lowest BCUT2D eigenvalue weighted by atomic mass is 10.2. The number of carboxylic acids is 1. The quantitative estimate of drug-likeness (QED) is 0.741. The van der Waals surface area contributed by atoms with Gasteiger partial charge in [0.25, 0.3) is 0 Å². The molecule has 0 bridgehead atoms. The van der Waals surface area contributed by atoms with Gasteiger partial charge in [-0.15, -0.1) is 0 Å². The van der Waals surface area contributed by atoms with Crippen molar-refractivity contribution in [2.45, 2.75) is 20.3 Å². The fraction of sp³-hybridized carbons (Fsp3) is 0.500. The molecule has 0 aliphatic carbocycles. The standard InChI is InChI=1S/C12H17N3O4/c1-8-5-13-7-15-11(8)19-4-3-10(16)14-6-9(2)12(17)18/h5,7,9H,3-4,6H2,1-2H3,(H,14,16)(H,17,18). The highest BCUT2D eigenvalue weighted by molar-refractivity contribution is 5.77. The Kier molecular flexibility index (Phi) is 5.72. The van der Waals surface area contributed by atoms with Gasteiger partial charge in [-0.25, -0.2) is 9.97 Å². The lowest BCUT2D eigenvalue weighted by Crippen LogP contribution is -2.32. The molecule has 0 aliphatic heterocycles. The van der Waals surface area contributed by atoms with E-state index in [1.807, 2.05) is 6.92 Å². The first kappa shape index (κ1) is 14.9. The molecule has 1 unspecified atom stereocenters. The molecule has 0 saturated heterocycles. The van der Waals surface area contributed by atoms with Crippen LogP contribution in [0.4, 0.5) is 0 Å². The molecule has 0 radical (unpaired) electrons. The Balaban J connectivity index is 2.24. The van der Waals surface area contributed by atoms with E-state index in [0.717, 1.165) is 5.56 Å². The molecule has 7 nitrogen and oxygen atoms in total. The van der Waals surface area contributed by atoms with Crippen molar-refractivity contribution in [2.75, 3.05) is 13.2 Å². The van der Waals surface area contributed by atoms with Crippen LogP contribution in [0, 0.1) is 12.8 Å². The van der Waals surface area contributed by atoms with Crippen molar-refractivity contribution < 1.29 is 19.4 Å². The lowest BCUT2D eigenvalue weighted by Gasteiger charge is -2.09. The molecule has 1 atom stereocenters. The van der Waals surface area contributed by atoms with Crippen molar-refractivity contribution >= 4 is 11.9 Å². The van der Waals surface area contributed by atoms with Gasteiger partial charge in [-0.2, -0.15) is 0 Å². The van der Waals surface area contributed by atoms with Crippen LogP contribution in [-0.4, -0.2) is 40.1 Å². The number of ether oxygens (including phenoxy) is 1. The Morgan fingerprint density at radius 3 is 2.89 bits per heavy atom. The number of hydrogen-bond donors (Lipinski definition) is 2. The predicted molar refractivity (Wildman–Crippen MR) is 66.7 cm³/mol. The molecule has 1 aromatic rings. The number of aromatic nitrogens is 2. The SMILES string of the molecule is Cc1cncnc1OCCC(=O)NCC(C)C(=O)O. The summed E-state index contributed by atoms with van der Waals surface area (Å²) in [5, 5.41) is 11.2. The van der Waals surface area contributed by atoms with Crippen LogP contribution in [0.15, 0.2) is 12.5 Å². The number of amides is 1. The molecule has 2 N–H and O–H groups in total. The first-order chi connectivity index (χ1) is 9.00. The average Bonchev–Trinajstić information content (AvgIpc) is 2.38. The highest BCUT2D eigenvalue weighted by atomic mass is 16.5. The molecule has 1 heterocycles. The molecule has 0 saturated carbocycles. The van der Waals surface area contributed by atoms with Crippen LogP contribution in [-0.2, 0) is 9.59 Å². The molecule has 1 rings (SSSR count). The van der Waals surface area contributed by atoms with Crippen LogP contribution in [0.3, 0.4) is 0 Å². The molecule has 0 aliphatic rings. The summed E-state index contributed by atoms with van der Waals surface area (Å²) in [4.78, 5) is 29.7. The second-order valence-corrected chi connectivity index (χ2v) is 4.15. The maximum Gasteiger partial charge on any atom is 0.308 e. The number of nitrogens with one attached hydrogen (secondary N) is 1. The second-order valence-electron chi connectivity index (χ2n) is 4.15. The summed E-state index contributed by atoms with van der Waals surface area (Å²) in [5.74, 6) is -1.34. The van der Waals surface area contributed by atoms with Gasteiger partial charge in [-0.1, -0.05) is 6.92 Å². The monoisotopic (exact) mass is 267 g/mol. The maximum atomic E-state index is 11.4. The topological polar surface area (TPSA) is 101 Å². The summed E-state index contributed by atoms with van der Waals surface area (Å²) < 4.78 is 5.33. The van der Waals surface area contributed by atoms with Crippen LogP contribution >= 0.6 is 0 Å². The molecule has 1 amide bonds. The largest absolute Gasteiger partial charge is 0.481 e. The van der Waals surface area contributed by atoms with Gasteiger partial charge in [0.15, 0.2) is 0 Å². The summed E-state index contributed by atoms with van der Waals surface area (Å²) in [6.07, 6.45) is 3.14. The van der Waals surface area contributed by atoms with Crippen molar-refractivity contribution in [1.82, 2.24) is 15.3 Å². The second kappa shape index (κ2) is 7.30. The Morgan fingerprint density at radius 1 is 1.53 bits per heavy atom. The summed E-state index contributed by atoms with van der Waals surface area (Å²) >= 11 is 0. The lowest BCUT2D eigenvalue weighted by molar-refractivity contribution is -0.141. The first-order valence-corrected chi connectivity index (χ1v) is 5.89. The number of carbonyl (C=O) groups is 2. The number of nitrogens with zero attached hydrogens (tertiary/aromatic N) is 2. The van der Waals surface area contributed by atoms with Crippen molar-refractivity contribution in [1.29, 1.82) is 0 Å². The van der Waals surface area contributed by atoms with E-state index in [2.05, 4.69) is 15.3 Å². The molecule has 104 valence electrons. The Bertz CT molecular complexity index is 450. The van der Waals surface area contributed by atoms with E-state index >= 15 is 0 Å². The van der Waals surface area contributed by atoms with E-state index in [-0.39, 0.29) is 25.5 Å². The fourth-order valence-corrected chi connectivity index (χ4v) is 1.22. The third-order valence-electron chi connectivity index (χ3n) is 2.44. The van der Waals surface area contributed by atoms with Crippen molar-refractivity contribution in [3.05, 3.63) is 18.1 Å². The number of aryl methyl sites for hydroxylation is 1. The Labute approximate surface area is 111 Å². The molecular weight excluding hydrogens is 250 g/mol. The van der Waals surface area contributed by atoms with Crippen LogP contribution in [0.25, 0.3) is 0 Å². The summed E-state index contributed by atoms with van der Waals surface area (Å²) in [6.45, 7) is 3.64. The third kappa shape index (κ3) is 5.33. The predicted octanol–water partition coefficient (Wildman–Crippen LogP) is 0.391. The zero-order valence-corrected chi connectivity index (χ0v) is 10.9. The van der Waals surface area contributed by atoms with Crippen molar-refractivity contribution in [3.63, 3.8) is 0 Å². The highest BCUT2D eigenvalue weighted by Gasteiger charge is 2.12. The molecule has 7 heteroatoms. The first-order valence-electron chi connectivity index (χ1n) is 5.89. The minimum Gasteiger partial charge on any atom is -0.481 e. The van der Waals surface area contributed by atoms with Gasteiger partial charge in [0.2, 0.25) is 11.8 Å². The molecule has 19 heavy (non-hydrogen) atoms. The third-order valence-corrected chi connectivity index (χ3v) is 2.44. The summed E-state index contributed by atoms with van der Waals surface area (Å²) in [7, 11) is 0. The van der Waals surface area contributed by atoms with Crippen molar-refractivity contribution in [2.24, 2.45) is 5.92 Å². The van der Waals surface area contributed by atoms with E-state index in [0.29, 0.717) is 5.88 Å². The van der Waals surface area contributed by atoms with Gasteiger partial charge in [0, 0.05) is 18.3 Å². The number of carboxylic acid groups (broad SMARTS) is 1. The molecule has 0 aromatic carbocycles. The molecular formula is C12H17N3O4. The fourth-order valence-electron chi connectivity index (χ4n) is 1.22. The summed E-state index contributed by atoms with van der Waals surface area (Å²) in [5.41, 5.74) is 0.794. The van der Waals surface area contributed by atoms with E-state index in [1.54, 1.807) is 6.20 Å². The van der Waals surface area contributed by atoms with Gasteiger partial charge in [0.05, 0.1) is 18.9 Å². The summed E-state index contributed by atoms with van der Waals surface area (Å²) in [6, 6.07) is 0. The number of aliphatic carboxylic acids is 1. The zero-order valence-electron chi connectivity index (χ0n) is 10.9. The molecule has 1 aromatic heterocycles. The smallest absolute Gasteiger partial charge is 0.308 e. The van der Waals surface area contributed by atoms with Gasteiger partial charge in [0.1, 0.15) is 6.33 Å². The van der Waals surface area contributed by atoms with Gasteiger partial charge >= 0.3 is 5.97 Å². The minimum atomic E-state index is -0.937. The van der Waals surface area contributed by atoms with Crippen LogP contribution in [0.1, 0.15) is 18.9 Å². The van der Waals surface area contributed by atoms with Crippen LogP contribution in [0.5, 0.6) is 5.88 Å². The van der Waals surface area contributed by atoms with Gasteiger partial charge in [-0.05, 0) is 6.92 Å². The average molecular weight is 267 g/mol. The maximum absolute atomic E-state index is 11.4. The van der Waals surface area contributed by atoms with E-state index in [1.165, 1.54) is 13.3 Å². The number of rotatable bonds is 7. The van der Waals surface area contributed by atoms with Crippen LogP contribution in [0.2, 0.25) is 0 Å². The zero-order chi connectivity index (χ0) is 14.3. The highest BCUT2D eigenvalue weighted by Crippen LogP contribution is 2.10. The Morgan fingerprint density at radius 2 is 2.26 bits per heavy atom. The van der Waals surface area contributed by atoms with Gasteiger partial charge < -0.3 is 15.2 Å². The van der Waals surface area contributed by atoms with Crippen LogP contribution < -0.4 is 10.1 Å². The van der Waals surface area contributed by atoms with E-state index in [9.17, 15) is 9.59 Å². The van der Waals surface area contributed by atoms with E-state index < -0.39 is 11.9 Å². The molecule has 0 spiro atoms.